The fourth-order valence-corrected chi connectivity index (χ4v) is 1.59. The Morgan fingerprint density at radius 3 is 2.84 bits per heavy atom. The van der Waals surface area contributed by atoms with Gasteiger partial charge in [0.05, 0.1) is 11.5 Å². The number of nitrogens with zero attached hydrogens (tertiary/aromatic N) is 4. The molecule has 2 aromatic rings. The largest absolute Gasteiger partial charge is 0.472 e. The Balaban J connectivity index is 2.04. The monoisotopic (exact) mass is 280 g/mol. The first-order valence-electron chi connectivity index (χ1n) is 5.36. The zero-order valence-corrected chi connectivity index (χ0v) is 10.4. The van der Waals surface area contributed by atoms with E-state index >= 15 is 0 Å². The van der Waals surface area contributed by atoms with Gasteiger partial charge < -0.3 is 4.74 Å². The highest BCUT2D eigenvalue weighted by molar-refractivity contribution is 6.31. The molecule has 7 nitrogen and oxygen atoms in total. The molecule has 19 heavy (non-hydrogen) atoms. The number of hydrogen-bond acceptors (Lipinski definition) is 6. The van der Waals surface area contributed by atoms with E-state index in [1.165, 1.54) is 0 Å². The summed E-state index contributed by atoms with van der Waals surface area (Å²) in [7, 11) is 0. The summed E-state index contributed by atoms with van der Waals surface area (Å²) in [5.74, 6) is -0.138. The Bertz CT molecular complexity index is 579. The predicted molar refractivity (Wildman–Crippen MR) is 67.1 cm³/mol. The number of hydrogen-bond donors (Lipinski definition) is 0. The van der Waals surface area contributed by atoms with Gasteiger partial charge in [0.25, 0.3) is 5.88 Å². The number of pyridine rings is 1. The van der Waals surface area contributed by atoms with E-state index < -0.39 is 10.6 Å². The van der Waals surface area contributed by atoms with E-state index in [4.69, 9.17) is 16.3 Å². The van der Waals surface area contributed by atoms with Gasteiger partial charge in [-0.05, 0) is 12.1 Å². The molecule has 8 heteroatoms. The van der Waals surface area contributed by atoms with Gasteiger partial charge in [-0.25, -0.2) is 4.98 Å². The summed E-state index contributed by atoms with van der Waals surface area (Å²) in [5, 5.41) is 10.6. The second-order valence-electron chi connectivity index (χ2n) is 3.49. The maximum Gasteiger partial charge on any atom is 0.367 e. The van der Waals surface area contributed by atoms with E-state index in [-0.39, 0.29) is 17.6 Å². The van der Waals surface area contributed by atoms with Gasteiger partial charge in [0, 0.05) is 18.3 Å². The highest BCUT2D eigenvalue weighted by Crippen LogP contribution is 2.30. The number of aromatic nitrogens is 3. The smallest absolute Gasteiger partial charge is 0.367 e. The minimum absolute atomic E-state index is 0.138. The molecule has 0 atom stereocenters. The van der Waals surface area contributed by atoms with Gasteiger partial charge in [-0.2, -0.15) is 4.98 Å². The van der Waals surface area contributed by atoms with Gasteiger partial charge in [0.1, 0.15) is 6.33 Å². The summed E-state index contributed by atoms with van der Waals surface area (Å²) in [5.41, 5.74) is 0.399. The van der Waals surface area contributed by atoms with Crippen LogP contribution >= 0.6 is 11.6 Å². The zero-order chi connectivity index (χ0) is 13.7. The fourth-order valence-electron chi connectivity index (χ4n) is 1.40. The summed E-state index contributed by atoms with van der Waals surface area (Å²) >= 11 is 5.64. The lowest BCUT2D eigenvalue weighted by molar-refractivity contribution is -0.386. The Morgan fingerprint density at radius 2 is 2.16 bits per heavy atom. The molecule has 0 fully saturated rings. The molecule has 0 aliphatic carbocycles. The predicted octanol–water partition coefficient (Wildman–Crippen LogP) is 2.05. The average Bonchev–Trinajstić information content (AvgIpc) is 2.39. The quantitative estimate of drug-likeness (QED) is 0.473. The molecule has 0 aliphatic heterocycles. The fraction of sp³-hybridized carbons (Fsp3) is 0.182. The van der Waals surface area contributed by atoms with Gasteiger partial charge in [-0.15, -0.1) is 0 Å². The maximum absolute atomic E-state index is 10.8. The number of rotatable bonds is 5. The highest BCUT2D eigenvalue weighted by Gasteiger charge is 2.22. The maximum atomic E-state index is 10.8. The van der Waals surface area contributed by atoms with E-state index in [0.29, 0.717) is 6.42 Å². The SMILES string of the molecule is O=[N+]([O-])c1c(Cl)ncnc1OCCc1ccccn1. The van der Waals surface area contributed by atoms with Gasteiger partial charge >= 0.3 is 5.69 Å². The molecule has 0 saturated carbocycles. The summed E-state index contributed by atoms with van der Waals surface area (Å²) in [6.45, 7) is 0.213. The molecule has 0 aromatic carbocycles. The van der Waals surface area contributed by atoms with Crippen molar-refractivity contribution in [3.63, 3.8) is 0 Å². The van der Waals surface area contributed by atoms with Crippen molar-refractivity contribution >= 4 is 17.3 Å². The summed E-state index contributed by atoms with van der Waals surface area (Å²) in [6.07, 6.45) is 3.30. The van der Waals surface area contributed by atoms with Crippen LogP contribution < -0.4 is 4.74 Å². The second-order valence-corrected chi connectivity index (χ2v) is 3.85. The number of nitro groups is 1. The third-order valence-electron chi connectivity index (χ3n) is 2.25. The molecule has 0 radical (unpaired) electrons. The van der Waals surface area contributed by atoms with Crippen molar-refractivity contribution in [1.82, 2.24) is 15.0 Å². The van der Waals surface area contributed by atoms with Crippen LogP contribution in [-0.4, -0.2) is 26.5 Å². The third kappa shape index (κ3) is 3.35. The Morgan fingerprint density at radius 1 is 1.32 bits per heavy atom. The average molecular weight is 281 g/mol. The topological polar surface area (TPSA) is 91.0 Å². The number of ether oxygens (including phenoxy) is 1. The van der Waals surface area contributed by atoms with Crippen molar-refractivity contribution in [2.24, 2.45) is 0 Å². The van der Waals surface area contributed by atoms with E-state index in [9.17, 15) is 10.1 Å². The Kier molecular flexibility index (Phi) is 4.19. The lowest BCUT2D eigenvalue weighted by Crippen LogP contribution is -2.06. The lowest BCUT2D eigenvalue weighted by atomic mass is 10.3. The summed E-state index contributed by atoms with van der Waals surface area (Å²) < 4.78 is 5.27. The van der Waals surface area contributed by atoms with Crippen molar-refractivity contribution in [3.8, 4) is 5.88 Å². The molecule has 2 rings (SSSR count). The minimum Gasteiger partial charge on any atom is -0.472 e. The standard InChI is InChI=1S/C11H9ClN4O3/c12-10-9(16(17)18)11(15-7-14-10)19-6-4-8-3-1-2-5-13-8/h1-3,5,7H,4,6H2. The van der Waals surface area contributed by atoms with Crippen molar-refractivity contribution in [3.05, 3.63) is 51.7 Å². The second kappa shape index (κ2) is 6.05. The lowest BCUT2D eigenvalue weighted by Gasteiger charge is -2.05. The Labute approximate surface area is 113 Å². The highest BCUT2D eigenvalue weighted by atomic mass is 35.5. The van der Waals surface area contributed by atoms with Gasteiger partial charge in [-0.1, -0.05) is 17.7 Å². The van der Waals surface area contributed by atoms with Crippen LogP contribution in [-0.2, 0) is 6.42 Å². The van der Waals surface area contributed by atoms with Gasteiger partial charge in [0.2, 0.25) is 5.15 Å². The van der Waals surface area contributed by atoms with E-state index in [0.717, 1.165) is 12.0 Å². The first-order valence-corrected chi connectivity index (χ1v) is 5.74. The first-order chi connectivity index (χ1) is 9.18. The van der Waals surface area contributed by atoms with E-state index in [1.807, 2.05) is 12.1 Å². The molecule has 0 aliphatic rings. The molecule has 0 amide bonds. The van der Waals surface area contributed by atoms with E-state index in [2.05, 4.69) is 15.0 Å². The minimum atomic E-state index is -0.668. The van der Waals surface area contributed by atoms with Crippen LogP contribution in [0.2, 0.25) is 5.15 Å². The first kappa shape index (κ1) is 13.2. The van der Waals surface area contributed by atoms with E-state index in [1.54, 1.807) is 12.3 Å². The molecule has 0 bridgehead atoms. The van der Waals surface area contributed by atoms with Crippen LogP contribution in [0.5, 0.6) is 5.88 Å². The van der Waals surface area contributed by atoms with Crippen LogP contribution in [0, 0.1) is 10.1 Å². The molecular formula is C11H9ClN4O3. The van der Waals surface area contributed by atoms with Crippen LogP contribution in [0.25, 0.3) is 0 Å². The molecule has 0 N–H and O–H groups in total. The molecule has 98 valence electrons. The van der Waals surface area contributed by atoms with Gasteiger partial charge in [0.15, 0.2) is 0 Å². The molecule has 2 heterocycles. The normalized spacial score (nSPS) is 10.2. The van der Waals surface area contributed by atoms with Crippen LogP contribution in [0.1, 0.15) is 5.69 Å². The molecule has 0 spiro atoms. The van der Waals surface area contributed by atoms with Crippen molar-refractivity contribution in [2.75, 3.05) is 6.61 Å². The number of halogens is 1. The van der Waals surface area contributed by atoms with Crippen molar-refractivity contribution in [1.29, 1.82) is 0 Å². The van der Waals surface area contributed by atoms with Crippen LogP contribution in [0.4, 0.5) is 5.69 Å². The van der Waals surface area contributed by atoms with Crippen LogP contribution in [0.15, 0.2) is 30.7 Å². The molecule has 0 saturated heterocycles. The molecular weight excluding hydrogens is 272 g/mol. The van der Waals surface area contributed by atoms with Crippen molar-refractivity contribution in [2.45, 2.75) is 6.42 Å². The summed E-state index contributed by atoms with van der Waals surface area (Å²) in [4.78, 5) is 21.5. The van der Waals surface area contributed by atoms with Gasteiger partial charge in [-0.3, -0.25) is 15.1 Å². The zero-order valence-electron chi connectivity index (χ0n) is 9.69. The molecule has 0 unspecified atom stereocenters. The summed E-state index contributed by atoms with van der Waals surface area (Å²) in [6, 6.07) is 5.50. The molecule has 2 aromatic heterocycles. The van der Waals surface area contributed by atoms with Crippen LogP contribution in [0.3, 0.4) is 0 Å². The third-order valence-corrected chi connectivity index (χ3v) is 2.53. The van der Waals surface area contributed by atoms with Crippen molar-refractivity contribution < 1.29 is 9.66 Å². The Hall–Kier alpha value is -2.28.